The molecule has 2 aromatic heterocycles. The number of hydrogen-bond donors (Lipinski definition) is 1. The summed E-state index contributed by atoms with van der Waals surface area (Å²) in [6.45, 7) is 5.93. The van der Waals surface area contributed by atoms with Crippen molar-refractivity contribution in [2.24, 2.45) is 0 Å². The molecular formula is C17H17ClN4O2S. The van der Waals surface area contributed by atoms with Gasteiger partial charge in [0.05, 0.1) is 5.52 Å². The number of anilines is 1. The van der Waals surface area contributed by atoms with Gasteiger partial charge < -0.3 is 4.57 Å². The number of amides is 1. The first-order chi connectivity index (χ1) is 11.9. The number of halogens is 1. The molecule has 0 bridgehead atoms. The number of fused-ring (bicyclic) bond motifs is 1. The first-order valence-corrected chi connectivity index (χ1v) is 9.08. The van der Waals surface area contributed by atoms with E-state index < -0.39 is 5.91 Å². The van der Waals surface area contributed by atoms with Crippen LogP contribution in [0.25, 0.3) is 10.9 Å². The summed E-state index contributed by atoms with van der Waals surface area (Å²) in [5, 5.41) is 12.6. The molecule has 0 aliphatic heterocycles. The third kappa shape index (κ3) is 3.43. The van der Waals surface area contributed by atoms with Gasteiger partial charge in [0.25, 0.3) is 5.91 Å². The minimum absolute atomic E-state index is 0.0525. The number of benzene rings is 1. The lowest BCUT2D eigenvalue weighted by Crippen LogP contribution is -2.24. The van der Waals surface area contributed by atoms with E-state index in [1.54, 1.807) is 24.4 Å². The minimum Gasteiger partial charge on any atom is -0.344 e. The second-order valence-corrected chi connectivity index (χ2v) is 7.34. The molecule has 8 heteroatoms. The van der Waals surface area contributed by atoms with Gasteiger partial charge in [0, 0.05) is 22.6 Å². The summed E-state index contributed by atoms with van der Waals surface area (Å²) in [7, 11) is 0. The van der Waals surface area contributed by atoms with Gasteiger partial charge in [-0.15, -0.1) is 10.2 Å². The van der Waals surface area contributed by atoms with Crippen molar-refractivity contribution in [1.82, 2.24) is 14.8 Å². The van der Waals surface area contributed by atoms with Crippen LogP contribution in [0.1, 0.15) is 42.2 Å². The maximum Gasteiger partial charge on any atom is 0.262 e. The van der Waals surface area contributed by atoms with Crippen LogP contribution in [-0.4, -0.2) is 20.7 Å². The number of carbonyl (C=O) groups is 1. The monoisotopic (exact) mass is 376 g/mol. The molecule has 25 heavy (non-hydrogen) atoms. The van der Waals surface area contributed by atoms with Crippen LogP contribution < -0.4 is 10.7 Å². The van der Waals surface area contributed by atoms with Crippen LogP contribution in [0.5, 0.6) is 0 Å². The molecule has 0 saturated carbocycles. The fourth-order valence-electron chi connectivity index (χ4n) is 2.53. The van der Waals surface area contributed by atoms with E-state index in [0.29, 0.717) is 15.5 Å². The highest BCUT2D eigenvalue weighted by Crippen LogP contribution is 2.21. The van der Waals surface area contributed by atoms with Crippen LogP contribution >= 0.6 is 22.9 Å². The molecule has 0 radical (unpaired) electrons. The largest absolute Gasteiger partial charge is 0.344 e. The van der Waals surface area contributed by atoms with Gasteiger partial charge in [0.1, 0.15) is 10.6 Å². The van der Waals surface area contributed by atoms with Crippen molar-refractivity contribution >= 4 is 44.9 Å². The summed E-state index contributed by atoms with van der Waals surface area (Å²) in [6, 6.07) is 5.19. The molecule has 0 saturated heterocycles. The Morgan fingerprint density at radius 2 is 2.12 bits per heavy atom. The predicted molar refractivity (Wildman–Crippen MR) is 101 cm³/mol. The standard InChI is InChI=1S/C17H17ClN4O2S/c1-4-14-20-21-17(25-14)19-16(24)12-8-22(9(2)3)13-6-5-10(18)7-11(13)15(12)23/h5-9H,4H2,1-3H3,(H,19,21,24). The Morgan fingerprint density at radius 1 is 1.36 bits per heavy atom. The van der Waals surface area contributed by atoms with Crippen molar-refractivity contribution < 1.29 is 4.79 Å². The zero-order valence-electron chi connectivity index (χ0n) is 14.0. The SMILES string of the molecule is CCc1nnc(NC(=O)c2cn(C(C)C)c3ccc(Cl)cc3c2=O)s1. The number of pyridine rings is 1. The van der Waals surface area contributed by atoms with Crippen molar-refractivity contribution in [2.75, 3.05) is 5.32 Å². The highest BCUT2D eigenvalue weighted by molar-refractivity contribution is 7.15. The van der Waals surface area contributed by atoms with Crippen LogP contribution in [0, 0.1) is 0 Å². The summed E-state index contributed by atoms with van der Waals surface area (Å²) < 4.78 is 1.89. The van der Waals surface area contributed by atoms with E-state index in [1.807, 2.05) is 25.3 Å². The summed E-state index contributed by atoms with van der Waals surface area (Å²) in [4.78, 5) is 25.4. The van der Waals surface area contributed by atoms with Crippen LogP contribution in [0.3, 0.4) is 0 Å². The number of hydrogen-bond acceptors (Lipinski definition) is 5. The number of aryl methyl sites for hydroxylation is 1. The fraction of sp³-hybridized carbons (Fsp3) is 0.294. The van der Waals surface area contributed by atoms with E-state index in [4.69, 9.17) is 11.6 Å². The van der Waals surface area contributed by atoms with Gasteiger partial charge in [0.2, 0.25) is 10.6 Å². The highest BCUT2D eigenvalue weighted by Gasteiger charge is 2.18. The number of nitrogens with one attached hydrogen (secondary N) is 1. The van der Waals surface area contributed by atoms with Gasteiger partial charge in [0.15, 0.2) is 0 Å². The average molecular weight is 377 g/mol. The molecule has 0 spiro atoms. The molecule has 6 nitrogen and oxygen atoms in total. The Kier molecular flexibility index (Phi) is 4.87. The molecule has 3 rings (SSSR count). The van der Waals surface area contributed by atoms with Crippen LogP contribution in [0.2, 0.25) is 5.02 Å². The number of nitrogens with zero attached hydrogens (tertiary/aromatic N) is 3. The third-order valence-corrected chi connectivity index (χ3v) is 5.00. The van der Waals surface area contributed by atoms with Gasteiger partial charge in [-0.2, -0.15) is 0 Å². The summed E-state index contributed by atoms with van der Waals surface area (Å²) >= 11 is 7.33. The molecule has 130 valence electrons. The quantitative estimate of drug-likeness (QED) is 0.749. The average Bonchev–Trinajstić information content (AvgIpc) is 3.02. The van der Waals surface area contributed by atoms with E-state index in [9.17, 15) is 9.59 Å². The Balaban J connectivity index is 2.10. The lowest BCUT2D eigenvalue weighted by Gasteiger charge is -2.16. The highest BCUT2D eigenvalue weighted by atomic mass is 35.5. The minimum atomic E-state index is -0.500. The van der Waals surface area contributed by atoms with E-state index >= 15 is 0 Å². The summed E-state index contributed by atoms with van der Waals surface area (Å²) in [6.07, 6.45) is 2.32. The Bertz CT molecular complexity index is 1010. The molecule has 0 atom stereocenters. The molecule has 1 N–H and O–H groups in total. The Hall–Kier alpha value is -2.25. The zero-order chi connectivity index (χ0) is 18.1. The molecule has 0 aliphatic rings. The summed E-state index contributed by atoms with van der Waals surface area (Å²) in [5.74, 6) is -0.500. The van der Waals surface area contributed by atoms with Crippen molar-refractivity contribution in [1.29, 1.82) is 0 Å². The molecule has 1 aromatic carbocycles. The lowest BCUT2D eigenvalue weighted by molar-refractivity contribution is 0.102. The van der Waals surface area contributed by atoms with Crippen LogP contribution in [-0.2, 0) is 6.42 Å². The number of carbonyl (C=O) groups excluding carboxylic acids is 1. The molecule has 0 aliphatic carbocycles. The molecule has 3 aromatic rings. The Morgan fingerprint density at radius 3 is 2.76 bits per heavy atom. The van der Waals surface area contributed by atoms with Crippen molar-refractivity contribution in [3.8, 4) is 0 Å². The van der Waals surface area contributed by atoms with Gasteiger partial charge in [-0.3, -0.25) is 14.9 Å². The maximum atomic E-state index is 12.8. The van der Waals surface area contributed by atoms with Gasteiger partial charge >= 0.3 is 0 Å². The predicted octanol–water partition coefficient (Wildman–Crippen LogP) is 3.90. The van der Waals surface area contributed by atoms with E-state index in [1.165, 1.54) is 11.3 Å². The van der Waals surface area contributed by atoms with Crippen LogP contribution in [0.15, 0.2) is 29.2 Å². The van der Waals surface area contributed by atoms with Crippen molar-refractivity contribution in [2.45, 2.75) is 33.2 Å². The second kappa shape index (κ2) is 6.93. The molecular weight excluding hydrogens is 360 g/mol. The van der Waals surface area contributed by atoms with Crippen molar-refractivity contribution in [3.63, 3.8) is 0 Å². The van der Waals surface area contributed by atoms with Crippen molar-refractivity contribution in [3.05, 3.63) is 50.2 Å². The first kappa shape index (κ1) is 17.6. The smallest absolute Gasteiger partial charge is 0.262 e. The molecule has 2 heterocycles. The maximum absolute atomic E-state index is 12.8. The zero-order valence-corrected chi connectivity index (χ0v) is 15.6. The third-order valence-electron chi connectivity index (χ3n) is 3.78. The van der Waals surface area contributed by atoms with E-state index in [-0.39, 0.29) is 17.0 Å². The van der Waals surface area contributed by atoms with Gasteiger partial charge in [-0.25, -0.2) is 0 Å². The first-order valence-electron chi connectivity index (χ1n) is 7.88. The molecule has 0 fully saturated rings. The van der Waals surface area contributed by atoms with E-state index in [2.05, 4.69) is 15.5 Å². The molecule has 1 amide bonds. The van der Waals surface area contributed by atoms with E-state index in [0.717, 1.165) is 16.9 Å². The fourth-order valence-corrected chi connectivity index (χ4v) is 3.37. The second-order valence-electron chi connectivity index (χ2n) is 5.84. The number of rotatable bonds is 4. The van der Waals surface area contributed by atoms with Gasteiger partial charge in [-0.05, 0) is 38.5 Å². The topological polar surface area (TPSA) is 76.9 Å². The number of aromatic nitrogens is 3. The summed E-state index contributed by atoms with van der Waals surface area (Å²) in [5.41, 5.74) is 0.439. The Labute approximate surface area is 153 Å². The normalized spacial score (nSPS) is 11.2. The molecule has 0 unspecified atom stereocenters. The lowest BCUT2D eigenvalue weighted by atomic mass is 10.1. The van der Waals surface area contributed by atoms with Gasteiger partial charge in [-0.1, -0.05) is 29.9 Å². The van der Waals surface area contributed by atoms with Crippen LogP contribution in [0.4, 0.5) is 5.13 Å².